The van der Waals surface area contributed by atoms with Crippen LogP contribution in [0.3, 0.4) is 0 Å². The Bertz CT molecular complexity index is 1080. The van der Waals surface area contributed by atoms with E-state index in [9.17, 15) is 9.59 Å². The molecule has 1 aromatic heterocycles. The molecule has 1 unspecified atom stereocenters. The summed E-state index contributed by atoms with van der Waals surface area (Å²) in [5, 5.41) is 4.90. The van der Waals surface area contributed by atoms with E-state index < -0.39 is 0 Å². The maximum Gasteiger partial charge on any atom is 0.238 e. The summed E-state index contributed by atoms with van der Waals surface area (Å²) >= 11 is 3.24. The first-order valence-electron chi connectivity index (χ1n) is 10.1. The maximum absolute atomic E-state index is 12.7. The van der Waals surface area contributed by atoms with Crippen LogP contribution in [0.1, 0.15) is 33.4 Å². The topological polar surface area (TPSA) is 49.4 Å². The van der Waals surface area contributed by atoms with E-state index in [1.165, 1.54) is 17.5 Å². The van der Waals surface area contributed by atoms with Gasteiger partial charge in [-0.3, -0.25) is 14.5 Å². The van der Waals surface area contributed by atoms with E-state index in [2.05, 4.69) is 23.5 Å². The van der Waals surface area contributed by atoms with Gasteiger partial charge in [-0.1, -0.05) is 24.3 Å². The molecule has 1 fully saturated rings. The van der Waals surface area contributed by atoms with Gasteiger partial charge in [-0.2, -0.15) is 0 Å². The van der Waals surface area contributed by atoms with Crippen molar-refractivity contribution in [3.63, 3.8) is 0 Å². The highest BCUT2D eigenvalue weighted by Gasteiger charge is 2.34. The van der Waals surface area contributed by atoms with Gasteiger partial charge in [-0.25, -0.2) is 0 Å². The lowest BCUT2D eigenvalue weighted by atomic mass is 10.1. The standard InChI is InChI=1S/C24H22N2O2S2/c27-22(14-21-5-2-12-29-21)25-19-9-6-17(7-10-19)24-26(23(28)15-30-24)20-11-8-16-3-1-4-18(16)13-20/h2,5-13,24H,1,3-4,14-15H2,(H,25,27). The smallest absolute Gasteiger partial charge is 0.238 e. The number of anilines is 2. The first kappa shape index (κ1) is 19.4. The summed E-state index contributed by atoms with van der Waals surface area (Å²) in [6.45, 7) is 0. The van der Waals surface area contributed by atoms with Gasteiger partial charge < -0.3 is 5.32 Å². The van der Waals surface area contributed by atoms with Crippen molar-refractivity contribution in [1.82, 2.24) is 0 Å². The molecule has 5 rings (SSSR count). The second-order valence-electron chi connectivity index (χ2n) is 7.66. The third-order valence-corrected chi connectivity index (χ3v) is 7.71. The Morgan fingerprint density at radius 1 is 1.07 bits per heavy atom. The zero-order valence-electron chi connectivity index (χ0n) is 16.5. The van der Waals surface area contributed by atoms with Gasteiger partial charge in [0.2, 0.25) is 11.8 Å². The number of hydrogen-bond acceptors (Lipinski definition) is 4. The predicted octanol–water partition coefficient (Wildman–Crippen LogP) is 5.20. The number of benzene rings is 2. The summed E-state index contributed by atoms with van der Waals surface area (Å²) in [4.78, 5) is 27.9. The van der Waals surface area contributed by atoms with Crippen LogP contribution in [-0.4, -0.2) is 17.6 Å². The fraction of sp³-hybridized carbons (Fsp3) is 0.250. The molecule has 1 atom stereocenters. The fourth-order valence-corrected chi connectivity index (χ4v) is 6.05. The Labute approximate surface area is 184 Å². The second kappa shape index (κ2) is 8.28. The first-order valence-corrected chi connectivity index (χ1v) is 12.1. The van der Waals surface area contributed by atoms with E-state index in [1.807, 2.05) is 46.7 Å². The Balaban J connectivity index is 1.32. The van der Waals surface area contributed by atoms with Crippen molar-refractivity contribution in [2.24, 2.45) is 0 Å². The molecule has 0 spiro atoms. The molecule has 2 amide bonds. The van der Waals surface area contributed by atoms with Gasteiger partial charge in [-0.15, -0.1) is 23.1 Å². The highest BCUT2D eigenvalue weighted by atomic mass is 32.2. The van der Waals surface area contributed by atoms with Crippen LogP contribution < -0.4 is 10.2 Å². The Morgan fingerprint density at radius 3 is 2.70 bits per heavy atom. The van der Waals surface area contributed by atoms with Crippen molar-refractivity contribution in [3.8, 4) is 0 Å². The second-order valence-corrected chi connectivity index (χ2v) is 9.76. The number of nitrogens with one attached hydrogen (secondary N) is 1. The van der Waals surface area contributed by atoms with Gasteiger partial charge in [0.15, 0.2) is 0 Å². The molecule has 30 heavy (non-hydrogen) atoms. The van der Waals surface area contributed by atoms with E-state index in [4.69, 9.17) is 0 Å². The summed E-state index contributed by atoms with van der Waals surface area (Å²) in [5.41, 5.74) is 5.63. The van der Waals surface area contributed by atoms with Gasteiger partial charge in [0, 0.05) is 16.3 Å². The van der Waals surface area contributed by atoms with Crippen molar-refractivity contribution in [1.29, 1.82) is 0 Å². The van der Waals surface area contributed by atoms with E-state index >= 15 is 0 Å². The molecule has 3 aromatic rings. The minimum Gasteiger partial charge on any atom is -0.326 e. The van der Waals surface area contributed by atoms with Crippen molar-refractivity contribution in [3.05, 3.63) is 81.5 Å². The third kappa shape index (κ3) is 3.89. The van der Waals surface area contributed by atoms with Crippen LogP contribution in [0.4, 0.5) is 11.4 Å². The van der Waals surface area contributed by atoms with Crippen LogP contribution >= 0.6 is 23.1 Å². The minimum atomic E-state index is -0.0344. The van der Waals surface area contributed by atoms with Gasteiger partial charge >= 0.3 is 0 Å². The quantitative estimate of drug-likeness (QED) is 0.601. The molecule has 4 nitrogen and oxygen atoms in total. The van der Waals surface area contributed by atoms with Crippen molar-refractivity contribution < 1.29 is 9.59 Å². The number of rotatable bonds is 5. The van der Waals surface area contributed by atoms with Gasteiger partial charge in [-0.05, 0) is 71.7 Å². The summed E-state index contributed by atoms with van der Waals surface area (Å²) in [5.74, 6) is 0.618. The molecule has 1 N–H and O–H groups in total. The zero-order valence-corrected chi connectivity index (χ0v) is 18.1. The normalized spacial score (nSPS) is 17.9. The number of amides is 2. The summed E-state index contributed by atoms with van der Waals surface area (Å²) in [7, 11) is 0. The van der Waals surface area contributed by atoms with E-state index in [1.54, 1.807) is 23.1 Å². The van der Waals surface area contributed by atoms with Crippen molar-refractivity contribution >= 4 is 46.3 Å². The van der Waals surface area contributed by atoms with Crippen LogP contribution in [0.2, 0.25) is 0 Å². The number of thioether (sulfide) groups is 1. The van der Waals surface area contributed by atoms with E-state index in [0.717, 1.165) is 34.7 Å². The molecule has 152 valence electrons. The average Bonchev–Trinajstić information content (AvgIpc) is 3.49. The molecule has 0 bridgehead atoms. The fourth-order valence-electron chi connectivity index (χ4n) is 4.17. The number of carbonyl (C=O) groups is 2. The number of hydrogen-bond donors (Lipinski definition) is 1. The SMILES string of the molecule is O=C(Cc1cccs1)Nc1ccc(C2SCC(=O)N2c2ccc3c(c2)CCC3)cc1. The molecule has 2 aliphatic rings. The van der Waals surface area contributed by atoms with Crippen LogP contribution in [0.5, 0.6) is 0 Å². The molecular formula is C24H22N2O2S2. The monoisotopic (exact) mass is 434 g/mol. The van der Waals surface area contributed by atoms with Crippen LogP contribution in [0, 0.1) is 0 Å². The first-order chi connectivity index (χ1) is 14.7. The van der Waals surface area contributed by atoms with E-state index in [-0.39, 0.29) is 17.2 Å². The number of aryl methyl sites for hydroxylation is 2. The average molecular weight is 435 g/mol. The van der Waals surface area contributed by atoms with Crippen molar-refractivity contribution in [2.75, 3.05) is 16.0 Å². The molecule has 6 heteroatoms. The Kier molecular flexibility index (Phi) is 5.35. The molecule has 2 heterocycles. The molecule has 2 aromatic carbocycles. The Morgan fingerprint density at radius 2 is 1.90 bits per heavy atom. The van der Waals surface area contributed by atoms with Crippen LogP contribution in [-0.2, 0) is 28.9 Å². The molecule has 1 aliphatic heterocycles. The summed E-state index contributed by atoms with van der Waals surface area (Å²) < 4.78 is 0. The van der Waals surface area contributed by atoms with Crippen molar-refractivity contribution in [2.45, 2.75) is 31.1 Å². The molecule has 0 radical (unpaired) electrons. The van der Waals surface area contributed by atoms with E-state index in [0.29, 0.717) is 12.2 Å². The molecule has 0 saturated carbocycles. The van der Waals surface area contributed by atoms with Crippen LogP contribution in [0.25, 0.3) is 0 Å². The minimum absolute atomic E-state index is 0.0182. The lowest BCUT2D eigenvalue weighted by Gasteiger charge is -2.25. The molecule has 1 aliphatic carbocycles. The Hall–Kier alpha value is -2.57. The van der Waals surface area contributed by atoms with Gasteiger partial charge in [0.05, 0.1) is 12.2 Å². The lowest BCUT2D eigenvalue weighted by molar-refractivity contribution is -0.116. The number of fused-ring (bicyclic) bond motifs is 1. The highest BCUT2D eigenvalue weighted by Crippen LogP contribution is 2.42. The molecular weight excluding hydrogens is 412 g/mol. The van der Waals surface area contributed by atoms with Gasteiger partial charge in [0.25, 0.3) is 0 Å². The summed E-state index contributed by atoms with van der Waals surface area (Å²) in [6.07, 6.45) is 3.83. The molecule has 1 saturated heterocycles. The number of nitrogens with zero attached hydrogens (tertiary/aromatic N) is 1. The maximum atomic E-state index is 12.7. The zero-order chi connectivity index (χ0) is 20.5. The largest absolute Gasteiger partial charge is 0.326 e. The number of thiophene rings is 1. The summed E-state index contributed by atoms with van der Waals surface area (Å²) in [6, 6.07) is 18.2. The highest BCUT2D eigenvalue weighted by molar-refractivity contribution is 8.00. The van der Waals surface area contributed by atoms with Gasteiger partial charge in [0.1, 0.15) is 5.37 Å². The number of carbonyl (C=O) groups excluding carboxylic acids is 2. The van der Waals surface area contributed by atoms with Crippen LogP contribution in [0.15, 0.2) is 60.0 Å². The third-order valence-electron chi connectivity index (χ3n) is 5.62. The predicted molar refractivity (Wildman–Crippen MR) is 124 cm³/mol. The lowest BCUT2D eigenvalue weighted by Crippen LogP contribution is -2.27.